The van der Waals surface area contributed by atoms with Crippen LogP contribution in [0.15, 0.2) is 66.9 Å². The van der Waals surface area contributed by atoms with Gasteiger partial charge < -0.3 is 10.3 Å². The largest absolute Gasteiger partial charge is 0.368 e. The molecule has 0 aliphatic carbocycles. The fourth-order valence-corrected chi connectivity index (χ4v) is 4.54. The van der Waals surface area contributed by atoms with Gasteiger partial charge in [0.05, 0.1) is 10.7 Å². The Balaban J connectivity index is 1.24. The third-order valence-electron chi connectivity index (χ3n) is 5.48. The number of H-pyrrole nitrogens is 1. The first kappa shape index (κ1) is 20.4. The van der Waals surface area contributed by atoms with E-state index in [1.54, 1.807) is 11.3 Å². The highest BCUT2D eigenvalue weighted by Crippen LogP contribution is 2.28. The van der Waals surface area contributed by atoms with Gasteiger partial charge in [0.2, 0.25) is 0 Å². The number of aromatic nitrogens is 4. The van der Waals surface area contributed by atoms with Gasteiger partial charge in [-0.15, -0.1) is 0 Å². The Labute approximate surface area is 191 Å². The lowest BCUT2D eigenvalue weighted by Crippen LogP contribution is -2.06. The fourth-order valence-electron chi connectivity index (χ4n) is 3.75. The molecule has 5 aromatic rings. The van der Waals surface area contributed by atoms with Crippen LogP contribution >= 0.6 is 11.3 Å². The third kappa shape index (κ3) is 4.41. The Hall–Kier alpha value is -3.51. The van der Waals surface area contributed by atoms with Crippen LogP contribution in [0.25, 0.3) is 33.0 Å². The summed E-state index contributed by atoms with van der Waals surface area (Å²) in [6.45, 7) is 4.95. The van der Waals surface area contributed by atoms with Crippen LogP contribution in [0.2, 0.25) is 0 Å². The van der Waals surface area contributed by atoms with E-state index in [2.05, 4.69) is 75.7 Å². The number of aromatic amines is 1. The summed E-state index contributed by atoms with van der Waals surface area (Å²) in [5.74, 6) is 1.50. The highest BCUT2D eigenvalue weighted by molar-refractivity contribution is 7.18. The first-order valence-electron chi connectivity index (χ1n) is 10.8. The van der Waals surface area contributed by atoms with Crippen molar-refractivity contribution < 1.29 is 0 Å². The number of rotatable bonds is 7. The minimum absolute atomic E-state index is 0.695. The Morgan fingerprint density at radius 2 is 1.62 bits per heavy atom. The molecule has 0 saturated carbocycles. The van der Waals surface area contributed by atoms with Crippen molar-refractivity contribution in [3.8, 4) is 22.6 Å². The van der Waals surface area contributed by atoms with Crippen molar-refractivity contribution in [1.82, 2.24) is 19.9 Å². The summed E-state index contributed by atoms with van der Waals surface area (Å²) in [4.78, 5) is 18.2. The summed E-state index contributed by atoms with van der Waals surface area (Å²) in [5, 5.41) is 4.49. The molecule has 3 heterocycles. The van der Waals surface area contributed by atoms with Crippen LogP contribution < -0.4 is 5.32 Å². The van der Waals surface area contributed by atoms with Gasteiger partial charge in [0.15, 0.2) is 11.6 Å². The van der Waals surface area contributed by atoms with E-state index in [1.807, 2.05) is 25.3 Å². The summed E-state index contributed by atoms with van der Waals surface area (Å²) in [7, 11) is 0. The summed E-state index contributed by atoms with van der Waals surface area (Å²) >= 11 is 1.60. The van der Waals surface area contributed by atoms with Crippen LogP contribution in [0.4, 0.5) is 5.82 Å². The van der Waals surface area contributed by atoms with Crippen molar-refractivity contribution >= 4 is 27.5 Å². The molecule has 0 amide bonds. The number of fused-ring (bicyclic) bond motifs is 1. The summed E-state index contributed by atoms with van der Waals surface area (Å²) in [5.41, 5.74) is 6.90. The van der Waals surface area contributed by atoms with Crippen LogP contribution in [-0.4, -0.2) is 26.5 Å². The van der Waals surface area contributed by atoms with Crippen LogP contribution in [0, 0.1) is 13.8 Å². The zero-order chi connectivity index (χ0) is 21.9. The molecule has 0 unspecified atom stereocenters. The molecule has 0 fully saturated rings. The molecule has 0 bridgehead atoms. The van der Waals surface area contributed by atoms with Gasteiger partial charge in [-0.05, 0) is 55.5 Å². The first-order valence-corrected chi connectivity index (χ1v) is 11.7. The molecule has 32 heavy (non-hydrogen) atoms. The number of aryl methyl sites for hydroxylation is 3. The Kier molecular flexibility index (Phi) is 5.69. The van der Waals surface area contributed by atoms with E-state index < -0.39 is 0 Å². The molecular weight excluding hydrogens is 414 g/mol. The minimum Gasteiger partial charge on any atom is -0.368 e. The van der Waals surface area contributed by atoms with E-state index in [0.29, 0.717) is 5.82 Å². The van der Waals surface area contributed by atoms with Gasteiger partial charge in [-0.2, -0.15) is 0 Å². The molecule has 160 valence electrons. The predicted octanol–water partition coefficient (Wildman–Crippen LogP) is 6.41. The molecule has 0 saturated heterocycles. The molecule has 0 atom stereocenters. The van der Waals surface area contributed by atoms with Gasteiger partial charge in [-0.25, -0.2) is 15.0 Å². The number of nitrogens with zero attached hydrogens (tertiary/aromatic N) is 3. The molecule has 3 aromatic heterocycles. The van der Waals surface area contributed by atoms with Gasteiger partial charge in [0, 0.05) is 12.7 Å². The molecule has 5 rings (SSSR count). The van der Waals surface area contributed by atoms with Crippen LogP contribution in [0.5, 0.6) is 0 Å². The molecule has 0 spiro atoms. The monoisotopic (exact) mass is 439 g/mol. The molecule has 0 aliphatic rings. The minimum atomic E-state index is 0.695. The van der Waals surface area contributed by atoms with Crippen molar-refractivity contribution in [3.05, 3.63) is 83.0 Å². The van der Waals surface area contributed by atoms with Crippen molar-refractivity contribution in [1.29, 1.82) is 0 Å². The van der Waals surface area contributed by atoms with Crippen LogP contribution in [0.3, 0.4) is 0 Å². The van der Waals surface area contributed by atoms with Gasteiger partial charge in [-0.1, -0.05) is 65.4 Å². The summed E-state index contributed by atoms with van der Waals surface area (Å²) in [6.07, 6.45) is 3.91. The van der Waals surface area contributed by atoms with Gasteiger partial charge in [-0.3, -0.25) is 0 Å². The second-order valence-corrected chi connectivity index (χ2v) is 9.14. The Morgan fingerprint density at radius 1 is 0.875 bits per heavy atom. The van der Waals surface area contributed by atoms with Crippen LogP contribution in [0.1, 0.15) is 22.6 Å². The lowest BCUT2D eigenvalue weighted by molar-refractivity contribution is 0.859. The molecular formula is C26H25N5S. The second kappa shape index (κ2) is 8.93. The number of thiazole rings is 1. The molecule has 0 aliphatic heterocycles. The van der Waals surface area contributed by atoms with E-state index in [9.17, 15) is 0 Å². The maximum Gasteiger partial charge on any atom is 0.179 e. The average molecular weight is 440 g/mol. The highest BCUT2D eigenvalue weighted by atomic mass is 32.1. The number of benzene rings is 2. The van der Waals surface area contributed by atoms with Gasteiger partial charge in [0.1, 0.15) is 10.3 Å². The molecule has 2 aromatic carbocycles. The maximum absolute atomic E-state index is 4.74. The summed E-state index contributed by atoms with van der Waals surface area (Å²) < 4.78 is 0. The quantitative estimate of drug-likeness (QED) is 0.288. The molecule has 2 N–H and O–H groups in total. The Morgan fingerprint density at radius 3 is 2.34 bits per heavy atom. The first-order chi connectivity index (χ1) is 15.7. The molecule has 0 radical (unpaired) electrons. The molecule has 5 nitrogen and oxygen atoms in total. The van der Waals surface area contributed by atoms with E-state index in [0.717, 1.165) is 46.3 Å². The van der Waals surface area contributed by atoms with E-state index in [4.69, 9.17) is 4.98 Å². The number of anilines is 1. The van der Waals surface area contributed by atoms with Crippen molar-refractivity contribution in [2.24, 2.45) is 0 Å². The predicted molar refractivity (Wildman–Crippen MR) is 133 cm³/mol. The van der Waals surface area contributed by atoms with E-state index in [-0.39, 0.29) is 0 Å². The zero-order valence-electron chi connectivity index (χ0n) is 18.2. The lowest BCUT2D eigenvalue weighted by atomic mass is 10.0. The van der Waals surface area contributed by atoms with E-state index >= 15 is 0 Å². The SMILES string of the molecule is Cc1ccc(-c2ccc(CCCNc3nc(-c4ccc[nH]4)nc4sc(C)nc34)cc2)cc1. The fraction of sp³-hybridized carbons (Fsp3) is 0.192. The summed E-state index contributed by atoms with van der Waals surface area (Å²) in [6, 6.07) is 21.5. The van der Waals surface area contributed by atoms with Gasteiger partial charge >= 0.3 is 0 Å². The normalized spacial score (nSPS) is 11.2. The Bertz CT molecular complexity index is 1320. The van der Waals surface area contributed by atoms with Crippen molar-refractivity contribution in [2.75, 3.05) is 11.9 Å². The topological polar surface area (TPSA) is 66.5 Å². The zero-order valence-corrected chi connectivity index (χ0v) is 19.0. The average Bonchev–Trinajstić information content (AvgIpc) is 3.47. The van der Waals surface area contributed by atoms with Crippen molar-refractivity contribution in [3.63, 3.8) is 0 Å². The lowest BCUT2D eigenvalue weighted by Gasteiger charge is -2.08. The number of hydrogen-bond donors (Lipinski definition) is 2. The third-order valence-corrected chi connectivity index (χ3v) is 6.34. The van der Waals surface area contributed by atoms with Crippen LogP contribution in [-0.2, 0) is 6.42 Å². The number of hydrogen-bond acceptors (Lipinski definition) is 5. The van der Waals surface area contributed by atoms with Gasteiger partial charge in [0.25, 0.3) is 0 Å². The smallest absolute Gasteiger partial charge is 0.179 e. The maximum atomic E-state index is 4.74. The highest BCUT2D eigenvalue weighted by Gasteiger charge is 2.13. The second-order valence-electron chi connectivity index (χ2n) is 7.96. The van der Waals surface area contributed by atoms with Crippen molar-refractivity contribution in [2.45, 2.75) is 26.7 Å². The molecule has 6 heteroatoms. The van der Waals surface area contributed by atoms with E-state index in [1.165, 1.54) is 22.3 Å². The standard InChI is InChI=1S/C26H25N5S/c1-17-7-11-20(12-8-17)21-13-9-19(10-14-21)5-3-16-28-25-23-26(32-18(2)29-23)31-24(30-25)22-6-4-15-27-22/h4,6-15,27H,3,5,16H2,1-2H3,(H,28,30,31). The number of nitrogens with one attached hydrogen (secondary N) is 2.